The quantitative estimate of drug-likeness (QED) is 0.254. The highest BCUT2D eigenvalue weighted by Gasteiger charge is 2.22. The van der Waals surface area contributed by atoms with Gasteiger partial charge in [-0.3, -0.25) is 19.5 Å². The first-order valence-corrected chi connectivity index (χ1v) is 12.2. The minimum absolute atomic E-state index is 0.0475. The van der Waals surface area contributed by atoms with Gasteiger partial charge in [-0.1, -0.05) is 87.4 Å². The Kier molecular flexibility index (Phi) is 6.03. The van der Waals surface area contributed by atoms with Gasteiger partial charge < -0.3 is 0 Å². The van der Waals surface area contributed by atoms with Crippen molar-refractivity contribution in [2.24, 2.45) is 4.99 Å². The SMILES string of the molecule is O=c1c(=Cc2ccc(Cl)c([N+](=O)[O-])c2)sc2n1C(c1ccc(Br)cc1)C=C(c1ccccc1)N=2. The molecule has 0 fully saturated rings. The smallest absolute Gasteiger partial charge is 0.272 e. The van der Waals surface area contributed by atoms with E-state index in [9.17, 15) is 14.9 Å². The van der Waals surface area contributed by atoms with Crippen molar-refractivity contribution in [2.45, 2.75) is 6.04 Å². The molecule has 9 heteroatoms. The van der Waals surface area contributed by atoms with Gasteiger partial charge in [0.1, 0.15) is 5.02 Å². The van der Waals surface area contributed by atoms with Crippen LogP contribution in [0.4, 0.5) is 5.69 Å². The predicted molar refractivity (Wildman–Crippen MR) is 138 cm³/mol. The van der Waals surface area contributed by atoms with E-state index in [2.05, 4.69) is 15.9 Å². The van der Waals surface area contributed by atoms with Crippen molar-refractivity contribution in [3.05, 3.63) is 135 Å². The maximum atomic E-state index is 13.5. The van der Waals surface area contributed by atoms with Crippen LogP contribution in [0.2, 0.25) is 5.02 Å². The minimum Gasteiger partial charge on any atom is -0.272 e. The summed E-state index contributed by atoms with van der Waals surface area (Å²) in [7, 11) is 0. The molecule has 1 aliphatic heterocycles. The molecule has 5 rings (SSSR count). The number of nitro groups is 1. The third-order valence-corrected chi connectivity index (χ3v) is 7.22. The minimum atomic E-state index is -0.541. The standard InChI is InChI=1S/C25H15BrClN3O3S/c26-18-9-7-17(8-10-18)21-14-20(16-4-2-1-3-5-16)28-25-29(21)24(31)23(34-25)13-15-6-11-19(27)22(12-15)30(32)33/h1-14,21H. The Balaban J connectivity index is 1.71. The van der Waals surface area contributed by atoms with Gasteiger partial charge in [0.2, 0.25) is 0 Å². The number of thiazole rings is 1. The first-order valence-electron chi connectivity index (χ1n) is 10.2. The Morgan fingerprint density at radius 3 is 2.53 bits per heavy atom. The maximum Gasteiger partial charge on any atom is 0.288 e. The van der Waals surface area contributed by atoms with E-state index < -0.39 is 4.92 Å². The van der Waals surface area contributed by atoms with E-state index in [1.165, 1.54) is 23.5 Å². The highest BCUT2D eigenvalue weighted by atomic mass is 79.9. The van der Waals surface area contributed by atoms with Crippen molar-refractivity contribution in [1.82, 2.24) is 4.57 Å². The third-order valence-electron chi connectivity index (χ3n) is 5.39. The topological polar surface area (TPSA) is 77.5 Å². The number of aromatic nitrogens is 1. The molecule has 0 aliphatic carbocycles. The zero-order chi connectivity index (χ0) is 23.8. The molecule has 1 atom stereocenters. The summed E-state index contributed by atoms with van der Waals surface area (Å²) < 4.78 is 3.04. The molecule has 6 nitrogen and oxygen atoms in total. The van der Waals surface area contributed by atoms with Crippen molar-refractivity contribution in [3.63, 3.8) is 0 Å². The van der Waals surface area contributed by atoms with Crippen LogP contribution in [0, 0.1) is 10.1 Å². The number of fused-ring (bicyclic) bond motifs is 1. The Morgan fingerprint density at radius 1 is 1.09 bits per heavy atom. The highest BCUT2D eigenvalue weighted by molar-refractivity contribution is 9.10. The molecule has 1 aromatic heterocycles. The van der Waals surface area contributed by atoms with Gasteiger partial charge in [0, 0.05) is 10.5 Å². The van der Waals surface area contributed by atoms with E-state index >= 15 is 0 Å². The average molecular weight is 553 g/mol. The summed E-state index contributed by atoms with van der Waals surface area (Å²) in [5.74, 6) is 0. The van der Waals surface area contributed by atoms with Crippen LogP contribution in [0.3, 0.4) is 0 Å². The molecule has 0 saturated heterocycles. The van der Waals surface area contributed by atoms with E-state index in [0.29, 0.717) is 14.9 Å². The molecule has 2 heterocycles. The first-order chi connectivity index (χ1) is 16.4. The lowest BCUT2D eigenvalue weighted by Gasteiger charge is -2.19. The van der Waals surface area contributed by atoms with Crippen molar-refractivity contribution in [1.29, 1.82) is 0 Å². The number of halogens is 2. The Hall–Kier alpha value is -3.33. The first kappa shape index (κ1) is 22.5. The number of rotatable bonds is 4. The van der Waals surface area contributed by atoms with Crippen LogP contribution in [0.5, 0.6) is 0 Å². The van der Waals surface area contributed by atoms with Crippen LogP contribution in [-0.2, 0) is 0 Å². The Morgan fingerprint density at radius 2 is 1.82 bits per heavy atom. The molecular formula is C25H15BrClN3O3S. The largest absolute Gasteiger partial charge is 0.288 e. The van der Waals surface area contributed by atoms with E-state index in [1.807, 2.05) is 60.7 Å². The third kappa shape index (κ3) is 4.27. The zero-order valence-electron chi connectivity index (χ0n) is 17.4. The molecule has 4 aromatic rings. The number of hydrogen-bond acceptors (Lipinski definition) is 5. The molecule has 0 spiro atoms. The summed E-state index contributed by atoms with van der Waals surface area (Å²) >= 11 is 10.7. The fourth-order valence-corrected chi connectivity index (χ4v) is 5.23. The van der Waals surface area contributed by atoms with Gasteiger partial charge in [0.05, 0.1) is 21.2 Å². The van der Waals surface area contributed by atoms with Crippen molar-refractivity contribution in [2.75, 3.05) is 0 Å². The maximum absolute atomic E-state index is 13.5. The Bertz CT molecular complexity index is 1630. The molecule has 0 saturated carbocycles. The fourth-order valence-electron chi connectivity index (χ4n) is 3.76. The van der Waals surface area contributed by atoms with Gasteiger partial charge in [-0.25, -0.2) is 4.99 Å². The summed E-state index contributed by atoms with van der Waals surface area (Å²) in [5, 5.41) is 11.3. The van der Waals surface area contributed by atoms with E-state index in [-0.39, 0.29) is 22.3 Å². The molecule has 1 unspecified atom stereocenters. The molecule has 3 aromatic carbocycles. The summed E-state index contributed by atoms with van der Waals surface area (Å²) in [6.07, 6.45) is 3.62. The monoisotopic (exact) mass is 551 g/mol. The van der Waals surface area contributed by atoms with Crippen LogP contribution in [0.25, 0.3) is 11.8 Å². The number of benzene rings is 3. The summed E-state index contributed by atoms with van der Waals surface area (Å²) in [5.41, 5.74) is 2.78. The van der Waals surface area contributed by atoms with Crippen molar-refractivity contribution < 1.29 is 4.92 Å². The second-order valence-electron chi connectivity index (χ2n) is 7.56. The molecule has 0 N–H and O–H groups in total. The lowest BCUT2D eigenvalue weighted by atomic mass is 10.0. The van der Waals surface area contributed by atoms with E-state index in [4.69, 9.17) is 16.6 Å². The van der Waals surface area contributed by atoms with Crippen LogP contribution >= 0.6 is 38.9 Å². The van der Waals surface area contributed by atoms with Gasteiger partial charge >= 0.3 is 0 Å². The number of hydrogen-bond donors (Lipinski definition) is 0. The molecule has 0 radical (unpaired) electrons. The highest BCUT2D eigenvalue weighted by Crippen LogP contribution is 2.28. The summed E-state index contributed by atoms with van der Waals surface area (Å²) in [4.78, 5) is 29.5. The number of nitrogens with zero attached hydrogens (tertiary/aromatic N) is 3. The molecule has 168 valence electrons. The van der Waals surface area contributed by atoms with Gasteiger partial charge in [-0.15, -0.1) is 0 Å². The van der Waals surface area contributed by atoms with Crippen molar-refractivity contribution in [3.8, 4) is 0 Å². The molecule has 0 bridgehead atoms. The molecule has 1 aliphatic rings. The number of nitro benzene ring substituents is 1. The fraction of sp³-hybridized carbons (Fsp3) is 0.0400. The molecule has 0 amide bonds. The predicted octanol–water partition coefficient (Wildman–Crippen LogP) is 5.33. The van der Waals surface area contributed by atoms with Crippen LogP contribution in [0.1, 0.15) is 22.7 Å². The van der Waals surface area contributed by atoms with E-state index in [0.717, 1.165) is 21.3 Å². The van der Waals surface area contributed by atoms with Crippen LogP contribution in [0.15, 0.2) is 93.1 Å². The van der Waals surface area contributed by atoms with Crippen LogP contribution < -0.4 is 14.9 Å². The lowest BCUT2D eigenvalue weighted by Crippen LogP contribution is -2.36. The van der Waals surface area contributed by atoms with Gasteiger partial charge in [-0.05, 0) is 47.0 Å². The summed E-state index contributed by atoms with van der Waals surface area (Å²) in [6, 6.07) is 21.7. The van der Waals surface area contributed by atoms with Gasteiger partial charge in [0.25, 0.3) is 11.2 Å². The van der Waals surface area contributed by atoms with Gasteiger partial charge in [-0.2, -0.15) is 0 Å². The lowest BCUT2D eigenvalue weighted by molar-refractivity contribution is -0.384. The number of allylic oxidation sites excluding steroid dienone is 1. The Labute approximate surface area is 211 Å². The normalized spacial score (nSPS) is 15.4. The zero-order valence-corrected chi connectivity index (χ0v) is 20.5. The van der Waals surface area contributed by atoms with Crippen molar-refractivity contribution >= 4 is 56.3 Å². The second kappa shape index (κ2) is 9.13. The van der Waals surface area contributed by atoms with Gasteiger partial charge in [0.15, 0.2) is 4.80 Å². The van der Waals surface area contributed by atoms with E-state index in [1.54, 1.807) is 16.7 Å². The summed E-state index contributed by atoms with van der Waals surface area (Å²) in [6.45, 7) is 0. The van der Waals surface area contributed by atoms with Crippen LogP contribution in [-0.4, -0.2) is 9.49 Å². The molecule has 34 heavy (non-hydrogen) atoms. The average Bonchev–Trinajstić information content (AvgIpc) is 3.15. The second-order valence-corrected chi connectivity index (χ2v) is 9.89. The molecular weight excluding hydrogens is 538 g/mol.